The fourth-order valence-corrected chi connectivity index (χ4v) is 2.61. The number of nitrogens with zero attached hydrogens (tertiary/aromatic N) is 2. The topological polar surface area (TPSA) is 64.8 Å². The summed E-state index contributed by atoms with van der Waals surface area (Å²) < 4.78 is 10.7. The zero-order valence-electron chi connectivity index (χ0n) is 12.6. The van der Waals surface area contributed by atoms with Gasteiger partial charge in [0.1, 0.15) is 5.69 Å². The third-order valence-electron chi connectivity index (χ3n) is 3.75. The van der Waals surface area contributed by atoms with Crippen LogP contribution in [-0.2, 0) is 9.47 Å². The van der Waals surface area contributed by atoms with Crippen molar-refractivity contribution in [3.05, 3.63) is 33.9 Å². The van der Waals surface area contributed by atoms with E-state index in [-0.39, 0.29) is 16.7 Å². The number of rotatable bonds is 6. The van der Waals surface area contributed by atoms with Gasteiger partial charge in [0.15, 0.2) is 0 Å². The van der Waals surface area contributed by atoms with Gasteiger partial charge in [-0.25, -0.2) is 0 Å². The van der Waals surface area contributed by atoms with Crippen LogP contribution in [0.15, 0.2) is 18.2 Å². The highest BCUT2D eigenvalue weighted by Gasteiger charge is 2.25. The molecule has 2 rings (SSSR count). The lowest BCUT2D eigenvalue weighted by Gasteiger charge is -2.33. The van der Waals surface area contributed by atoms with Gasteiger partial charge < -0.3 is 14.4 Å². The first-order valence-corrected chi connectivity index (χ1v) is 7.22. The molecule has 0 radical (unpaired) electrons. The molecular weight excluding hydrogens is 272 g/mol. The van der Waals surface area contributed by atoms with Gasteiger partial charge in [0.25, 0.3) is 5.69 Å². The molecule has 1 saturated heterocycles. The minimum Gasteiger partial charge on any atom is -0.382 e. The van der Waals surface area contributed by atoms with E-state index in [9.17, 15) is 10.1 Å². The van der Waals surface area contributed by atoms with Crippen LogP contribution in [0.3, 0.4) is 0 Å². The number of methoxy groups -OCH3 is 1. The molecule has 1 aliphatic rings. The summed E-state index contributed by atoms with van der Waals surface area (Å²) >= 11 is 0. The van der Waals surface area contributed by atoms with Crippen LogP contribution in [0.4, 0.5) is 11.4 Å². The van der Waals surface area contributed by atoms with Crippen LogP contribution in [-0.4, -0.2) is 44.4 Å². The normalized spacial score (nSPS) is 16.2. The second kappa shape index (κ2) is 7.38. The Hall–Kier alpha value is -1.66. The molecule has 0 aromatic heterocycles. The van der Waals surface area contributed by atoms with Crippen molar-refractivity contribution in [2.75, 3.05) is 38.3 Å². The molecule has 1 aromatic rings. The molecule has 6 nitrogen and oxygen atoms in total. The standard InChI is InChI=1S/C15H22N2O4/c1-12-3-4-14(15(11-12)17(18)19)16-7-5-13(6-8-16)21-10-9-20-2/h3-4,11,13H,5-10H2,1-2H3. The van der Waals surface area contributed by atoms with Crippen molar-refractivity contribution in [1.82, 2.24) is 0 Å². The summed E-state index contributed by atoms with van der Waals surface area (Å²) in [4.78, 5) is 13.0. The molecule has 1 heterocycles. The van der Waals surface area contributed by atoms with E-state index in [2.05, 4.69) is 4.90 Å². The Labute approximate surface area is 124 Å². The van der Waals surface area contributed by atoms with Crippen LogP contribution in [0.25, 0.3) is 0 Å². The van der Waals surface area contributed by atoms with Gasteiger partial charge in [-0.1, -0.05) is 6.07 Å². The molecule has 6 heteroatoms. The summed E-state index contributed by atoms with van der Waals surface area (Å²) in [6, 6.07) is 5.40. The number of ether oxygens (including phenoxy) is 2. The van der Waals surface area contributed by atoms with Gasteiger partial charge in [0.2, 0.25) is 0 Å². The van der Waals surface area contributed by atoms with Crippen molar-refractivity contribution in [2.24, 2.45) is 0 Å². The minimum atomic E-state index is -0.302. The highest BCUT2D eigenvalue weighted by molar-refractivity contribution is 5.64. The van der Waals surface area contributed by atoms with Crippen LogP contribution < -0.4 is 4.90 Å². The van der Waals surface area contributed by atoms with Crippen LogP contribution in [0, 0.1) is 17.0 Å². The van der Waals surface area contributed by atoms with E-state index in [4.69, 9.17) is 9.47 Å². The summed E-state index contributed by atoms with van der Waals surface area (Å²) in [5.74, 6) is 0. The van der Waals surface area contributed by atoms with Crippen molar-refractivity contribution in [2.45, 2.75) is 25.9 Å². The molecule has 1 aromatic carbocycles. The molecule has 0 bridgehead atoms. The molecule has 0 unspecified atom stereocenters. The monoisotopic (exact) mass is 294 g/mol. The van der Waals surface area contributed by atoms with E-state index in [0.29, 0.717) is 18.9 Å². The Balaban J connectivity index is 1.97. The lowest BCUT2D eigenvalue weighted by Crippen LogP contribution is -2.37. The summed E-state index contributed by atoms with van der Waals surface area (Å²) in [6.45, 7) is 4.63. The first kappa shape index (κ1) is 15.7. The molecule has 116 valence electrons. The number of piperidine rings is 1. The zero-order chi connectivity index (χ0) is 15.2. The first-order valence-electron chi connectivity index (χ1n) is 7.22. The van der Waals surface area contributed by atoms with Crippen molar-refractivity contribution in [3.63, 3.8) is 0 Å². The van der Waals surface area contributed by atoms with Gasteiger partial charge in [-0.15, -0.1) is 0 Å². The number of hydrogen-bond donors (Lipinski definition) is 0. The van der Waals surface area contributed by atoms with E-state index in [1.54, 1.807) is 13.2 Å². The van der Waals surface area contributed by atoms with Gasteiger partial charge in [-0.3, -0.25) is 10.1 Å². The number of aryl methyl sites for hydroxylation is 1. The predicted octanol–water partition coefficient (Wildman–Crippen LogP) is 2.54. The molecular formula is C15H22N2O4. The number of anilines is 1. The van der Waals surface area contributed by atoms with Gasteiger partial charge in [-0.05, 0) is 31.4 Å². The number of benzene rings is 1. The minimum absolute atomic E-state index is 0.189. The molecule has 0 aliphatic carbocycles. The van der Waals surface area contributed by atoms with Gasteiger partial charge in [0, 0.05) is 26.3 Å². The quantitative estimate of drug-likeness (QED) is 0.458. The number of hydrogen-bond acceptors (Lipinski definition) is 5. The second-order valence-corrected chi connectivity index (χ2v) is 5.30. The summed E-state index contributed by atoms with van der Waals surface area (Å²) in [5, 5.41) is 11.2. The van der Waals surface area contributed by atoms with Gasteiger partial charge >= 0.3 is 0 Å². The Morgan fingerprint density at radius 3 is 2.67 bits per heavy atom. The fraction of sp³-hybridized carbons (Fsp3) is 0.600. The largest absolute Gasteiger partial charge is 0.382 e. The van der Waals surface area contributed by atoms with E-state index in [1.807, 2.05) is 19.1 Å². The number of nitro benzene ring substituents is 1. The smallest absolute Gasteiger partial charge is 0.292 e. The Kier molecular flexibility index (Phi) is 5.52. The maximum absolute atomic E-state index is 11.2. The molecule has 0 saturated carbocycles. The fourth-order valence-electron chi connectivity index (χ4n) is 2.61. The summed E-state index contributed by atoms with van der Waals surface area (Å²) in [5.41, 5.74) is 1.80. The van der Waals surface area contributed by atoms with Crippen molar-refractivity contribution in [3.8, 4) is 0 Å². The van der Waals surface area contributed by atoms with Crippen LogP contribution >= 0.6 is 0 Å². The SMILES string of the molecule is COCCOC1CCN(c2ccc(C)cc2[N+](=O)[O-])CC1. The predicted molar refractivity (Wildman–Crippen MR) is 80.9 cm³/mol. The molecule has 0 atom stereocenters. The van der Waals surface area contributed by atoms with E-state index < -0.39 is 0 Å². The van der Waals surface area contributed by atoms with E-state index in [0.717, 1.165) is 31.5 Å². The van der Waals surface area contributed by atoms with Crippen molar-refractivity contribution >= 4 is 11.4 Å². The molecule has 0 spiro atoms. The average Bonchev–Trinajstić information content (AvgIpc) is 2.48. The lowest BCUT2D eigenvalue weighted by atomic mass is 10.1. The molecule has 21 heavy (non-hydrogen) atoms. The van der Waals surface area contributed by atoms with Crippen LogP contribution in [0.1, 0.15) is 18.4 Å². The average molecular weight is 294 g/mol. The van der Waals surface area contributed by atoms with Crippen LogP contribution in [0.5, 0.6) is 0 Å². The molecule has 0 amide bonds. The molecule has 1 fully saturated rings. The third-order valence-corrected chi connectivity index (χ3v) is 3.75. The lowest BCUT2D eigenvalue weighted by molar-refractivity contribution is -0.384. The van der Waals surface area contributed by atoms with E-state index >= 15 is 0 Å². The zero-order valence-corrected chi connectivity index (χ0v) is 12.6. The van der Waals surface area contributed by atoms with E-state index in [1.165, 1.54) is 0 Å². The maximum Gasteiger partial charge on any atom is 0.292 e. The first-order chi connectivity index (χ1) is 10.1. The van der Waals surface area contributed by atoms with Crippen molar-refractivity contribution < 1.29 is 14.4 Å². The van der Waals surface area contributed by atoms with Crippen LogP contribution in [0.2, 0.25) is 0 Å². The Morgan fingerprint density at radius 1 is 1.33 bits per heavy atom. The third kappa shape index (κ3) is 4.15. The Bertz CT molecular complexity index is 485. The molecule has 0 N–H and O–H groups in total. The van der Waals surface area contributed by atoms with Crippen molar-refractivity contribution in [1.29, 1.82) is 0 Å². The highest BCUT2D eigenvalue weighted by Crippen LogP contribution is 2.31. The molecule has 1 aliphatic heterocycles. The summed E-state index contributed by atoms with van der Waals surface area (Å²) in [7, 11) is 1.66. The second-order valence-electron chi connectivity index (χ2n) is 5.30. The van der Waals surface area contributed by atoms with Gasteiger partial charge in [0.05, 0.1) is 24.2 Å². The highest BCUT2D eigenvalue weighted by atomic mass is 16.6. The Morgan fingerprint density at radius 2 is 2.05 bits per heavy atom. The number of nitro groups is 1. The maximum atomic E-state index is 11.2. The summed E-state index contributed by atoms with van der Waals surface area (Å²) in [6.07, 6.45) is 1.99. The van der Waals surface area contributed by atoms with Gasteiger partial charge in [-0.2, -0.15) is 0 Å².